The maximum absolute atomic E-state index is 13.5. The lowest BCUT2D eigenvalue weighted by atomic mass is 10.0. The number of hydrogen-bond acceptors (Lipinski definition) is 2. The number of carbonyl (C=O) groups is 1. The first-order valence-corrected chi connectivity index (χ1v) is 8.17. The molecule has 2 aromatic carbocycles. The Kier molecular flexibility index (Phi) is 4.34. The van der Waals surface area contributed by atoms with Crippen molar-refractivity contribution in [1.29, 1.82) is 0 Å². The first kappa shape index (κ1) is 14.9. The van der Waals surface area contributed by atoms with E-state index in [1.807, 2.05) is 31.2 Å². The van der Waals surface area contributed by atoms with Crippen molar-refractivity contribution < 1.29 is 9.18 Å². The second-order valence-corrected chi connectivity index (χ2v) is 6.47. The van der Waals surface area contributed by atoms with Gasteiger partial charge in [0.15, 0.2) is 0 Å². The van der Waals surface area contributed by atoms with Crippen LogP contribution in [0.15, 0.2) is 47.4 Å². The van der Waals surface area contributed by atoms with E-state index in [9.17, 15) is 9.18 Å². The number of hydrogen-bond donors (Lipinski definition) is 2. The molecule has 0 saturated heterocycles. The van der Waals surface area contributed by atoms with Gasteiger partial charge in [-0.1, -0.05) is 17.7 Å². The number of thioether (sulfide) groups is 1. The number of urea groups is 1. The smallest absolute Gasteiger partial charge is 0.319 e. The summed E-state index contributed by atoms with van der Waals surface area (Å²) < 4.78 is 13.5. The number of amides is 2. The van der Waals surface area contributed by atoms with Crippen LogP contribution >= 0.6 is 11.8 Å². The minimum absolute atomic E-state index is 0.155. The summed E-state index contributed by atoms with van der Waals surface area (Å²) in [5.74, 6) is 0.640. The van der Waals surface area contributed by atoms with Gasteiger partial charge in [0.05, 0.1) is 6.04 Å². The third-order valence-electron chi connectivity index (χ3n) is 3.63. The number of aryl methyl sites for hydroxylation is 1. The van der Waals surface area contributed by atoms with Crippen LogP contribution in [-0.2, 0) is 0 Å². The molecule has 0 fully saturated rings. The number of carbonyl (C=O) groups excluding carboxylic acids is 1. The number of benzene rings is 2. The Hall–Kier alpha value is -2.01. The highest BCUT2D eigenvalue weighted by Crippen LogP contribution is 2.36. The van der Waals surface area contributed by atoms with Gasteiger partial charge in [0, 0.05) is 16.3 Å². The fraction of sp³-hybridized carbons (Fsp3) is 0.235. The lowest BCUT2D eigenvalue weighted by Gasteiger charge is -2.26. The Balaban J connectivity index is 1.70. The molecule has 3 nitrogen and oxygen atoms in total. The van der Waals surface area contributed by atoms with E-state index in [1.165, 1.54) is 12.1 Å². The molecule has 0 saturated carbocycles. The molecule has 1 heterocycles. The molecule has 0 spiro atoms. The van der Waals surface area contributed by atoms with E-state index in [1.54, 1.807) is 17.8 Å². The maximum Gasteiger partial charge on any atom is 0.319 e. The van der Waals surface area contributed by atoms with Gasteiger partial charge in [-0.05, 0) is 49.2 Å². The van der Waals surface area contributed by atoms with Gasteiger partial charge in [0.2, 0.25) is 0 Å². The van der Waals surface area contributed by atoms with Crippen molar-refractivity contribution in [3.8, 4) is 0 Å². The highest BCUT2D eigenvalue weighted by atomic mass is 32.2. The van der Waals surface area contributed by atoms with Gasteiger partial charge in [-0.25, -0.2) is 9.18 Å². The molecular formula is C17H17FN2OS. The quantitative estimate of drug-likeness (QED) is 0.857. The molecule has 2 aromatic rings. The fourth-order valence-electron chi connectivity index (χ4n) is 2.48. The summed E-state index contributed by atoms with van der Waals surface area (Å²) in [5, 5.41) is 5.75. The molecule has 0 radical (unpaired) electrons. The number of halogens is 1. The Morgan fingerprint density at radius 2 is 2.00 bits per heavy atom. The summed E-state index contributed by atoms with van der Waals surface area (Å²) in [6.07, 6.45) is 0.794. The average Bonchev–Trinajstić information content (AvgIpc) is 2.50. The van der Waals surface area contributed by atoms with Gasteiger partial charge in [-0.2, -0.15) is 0 Å². The molecule has 2 amide bonds. The van der Waals surface area contributed by atoms with Crippen molar-refractivity contribution in [2.24, 2.45) is 0 Å². The number of anilines is 1. The molecule has 0 aliphatic carbocycles. The van der Waals surface area contributed by atoms with Crippen LogP contribution in [0.4, 0.5) is 14.9 Å². The monoisotopic (exact) mass is 316 g/mol. The standard InChI is InChI=1S/C17H17FN2OS/c1-11-2-5-13(6-3-11)19-17(21)20-15-8-9-22-16-7-4-12(18)10-14(15)16/h2-7,10,15H,8-9H2,1H3,(H2,19,20,21)/t15-/m1/s1. The lowest BCUT2D eigenvalue weighted by Crippen LogP contribution is -2.34. The molecule has 0 bridgehead atoms. The van der Waals surface area contributed by atoms with E-state index < -0.39 is 0 Å². The molecule has 2 N–H and O–H groups in total. The Morgan fingerprint density at radius 1 is 1.23 bits per heavy atom. The van der Waals surface area contributed by atoms with Crippen LogP contribution < -0.4 is 10.6 Å². The van der Waals surface area contributed by atoms with Crippen LogP contribution in [0.1, 0.15) is 23.6 Å². The van der Waals surface area contributed by atoms with Gasteiger partial charge < -0.3 is 10.6 Å². The van der Waals surface area contributed by atoms with Crippen LogP contribution in [0, 0.1) is 12.7 Å². The van der Waals surface area contributed by atoms with E-state index in [0.29, 0.717) is 0 Å². The van der Waals surface area contributed by atoms with Crippen molar-refractivity contribution in [2.75, 3.05) is 11.1 Å². The molecule has 0 aromatic heterocycles. The fourth-order valence-corrected chi connectivity index (χ4v) is 3.58. The molecule has 1 aliphatic heterocycles. The second-order valence-electron chi connectivity index (χ2n) is 5.34. The van der Waals surface area contributed by atoms with Crippen molar-refractivity contribution in [3.05, 3.63) is 59.4 Å². The van der Waals surface area contributed by atoms with Crippen molar-refractivity contribution in [3.63, 3.8) is 0 Å². The summed E-state index contributed by atoms with van der Waals surface area (Å²) in [6.45, 7) is 2.00. The van der Waals surface area contributed by atoms with E-state index in [0.717, 1.165) is 33.9 Å². The van der Waals surface area contributed by atoms with Gasteiger partial charge >= 0.3 is 6.03 Å². The maximum atomic E-state index is 13.5. The summed E-state index contributed by atoms with van der Waals surface area (Å²) >= 11 is 1.70. The molecule has 114 valence electrons. The number of fused-ring (bicyclic) bond motifs is 1. The van der Waals surface area contributed by atoms with E-state index >= 15 is 0 Å². The summed E-state index contributed by atoms with van der Waals surface area (Å²) in [5.41, 5.74) is 2.74. The predicted molar refractivity (Wildman–Crippen MR) is 87.8 cm³/mol. The van der Waals surface area contributed by atoms with Crippen LogP contribution in [0.25, 0.3) is 0 Å². The molecule has 1 atom stereocenters. The molecule has 3 rings (SSSR count). The average molecular weight is 316 g/mol. The highest BCUT2D eigenvalue weighted by molar-refractivity contribution is 7.99. The first-order valence-electron chi connectivity index (χ1n) is 7.18. The minimum Gasteiger partial charge on any atom is -0.331 e. The second kappa shape index (κ2) is 6.40. The zero-order valence-corrected chi connectivity index (χ0v) is 13.0. The van der Waals surface area contributed by atoms with Crippen LogP contribution in [0.3, 0.4) is 0 Å². The van der Waals surface area contributed by atoms with Gasteiger partial charge in [-0.15, -0.1) is 11.8 Å². The first-order chi connectivity index (χ1) is 10.6. The molecule has 5 heteroatoms. The zero-order valence-electron chi connectivity index (χ0n) is 12.2. The predicted octanol–water partition coefficient (Wildman–Crippen LogP) is 4.49. The molecule has 1 aliphatic rings. The molecule has 22 heavy (non-hydrogen) atoms. The third-order valence-corrected chi connectivity index (χ3v) is 4.75. The molecular weight excluding hydrogens is 299 g/mol. The summed E-state index contributed by atoms with van der Waals surface area (Å²) in [4.78, 5) is 13.2. The lowest BCUT2D eigenvalue weighted by molar-refractivity contribution is 0.248. The van der Waals surface area contributed by atoms with Gasteiger partial charge in [0.25, 0.3) is 0 Å². The summed E-state index contributed by atoms with van der Waals surface area (Å²) in [6, 6.07) is 11.9. The van der Waals surface area contributed by atoms with Crippen molar-refractivity contribution >= 4 is 23.5 Å². The zero-order chi connectivity index (χ0) is 15.5. The normalized spacial score (nSPS) is 16.7. The van der Waals surface area contributed by atoms with Gasteiger partial charge in [0.1, 0.15) is 5.82 Å². The van der Waals surface area contributed by atoms with Gasteiger partial charge in [-0.3, -0.25) is 0 Å². The van der Waals surface area contributed by atoms with E-state index in [4.69, 9.17) is 0 Å². The van der Waals surface area contributed by atoms with Crippen molar-refractivity contribution in [1.82, 2.24) is 5.32 Å². The third kappa shape index (κ3) is 3.42. The molecule has 0 unspecified atom stereocenters. The van der Waals surface area contributed by atoms with Crippen LogP contribution in [-0.4, -0.2) is 11.8 Å². The Labute approximate surface area is 133 Å². The van der Waals surface area contributed by atoms with Crippen LogP contribution in [0.5, 0.6) is 0 Å². The SMILES string of the molecule is Cc1ccc(NC(=O)N[C@@H]2CCSc3ccc(F)cc32)cc1. The van der Waals surface area contributed by atoms with Crippen molar-refractivity contribution in [2.45, 2.75) is 24.3 Å². The van der Waals surface area contributed by atoms with E-state index in [2.05, 4.69) is 10.6 Å². The number of rotatable bonds is 2. The van der Waals surface area contributed by atoms with Crippen LogP contribution in [0.2, 0.25) is 0 Å². The summed E-state index contributed by atoms with van der Waals surface area (Å²) in [7, 11) is 0. The number of nitrogens with one attached hydrogen (secondary N) is 2. The Morgan fingerprint density at radius 3 is 2.77 bits per heavy atom. The largest absolute Gasteiger partial charge is 0.331 e. The highest BCUT2D eigenvalue weighted by Gasteiger charge is 2.22. The Bertz CT molecular complexity index is 688. The topological polar surface area (TPSA) is 41.1 Å². The minimum atomic E-state index is -0.271. The van der Waals surface area contributed by atoms with E-state index in [-0.39, 0.29) is 17.9 Å².